The predicted octanol–water partition coefficient (Wildman–Crippen LogP) is 0.827. The molecule has 0 radical (unpaired) electrons. The molecule has 2 atom stereocenters. The van der Waals surface area contributed by atoms with E-state index < -0.39 is 16.1 Å². The molecule has 0 bridgehead atoms. The predicted molar refractivity (Wildman–Crippen MR) is 85.3 cm³/mol. The minimum absolute atomic E-state index is 0.0451. The molecule has 6 nitrogen and oxygen atoms in total. The third-order valence-corrected chi connectivity index (χ3v) is 5.42. The maximum absolute atomic E-state index is 12.4. The summed E-state index contributed by atoms with van der Waals surface area (Å²) in [5.74, 6) is -0.216. The quantitative estimate of drug-likeness (QED) is 0.847. The second kappa shape index (κ2) is 6.95. The van der Waals surface area contributed by atoms with Gasteiger partial charge in [-0.15, -0.1) is 0 Å². The number of nitrogens with one attached hydrogen (secondary N) is 2. The van der Waals surface area contributed by atoms with Gasteiger partial charge in [0, 0.05) is 30.7 Å². The van der Waals surface area contributed by atoms with Crippen LogP contribution >= 0.6 is 11.6 Å². The minimum Gasteiger partial charge on any atom is -0.336 e. The maximum Gasteiger partial charge on any atom is 0.241 e. The fourth-order valence-electron chi connectivity index (χ4n) is 2.38. The molecule has 22 heavy (non-hydrogen) atoms. The Morgan fingerprint density at radius 1 is 1.41 bits per heavy atom. The molecular weight excluding hydrogens is 326 g/mol. The highest BCUT2D eigenvalue weighted by molar-refractivity contribution is 7.89. The first-order valence-corrected chi connectivity index (χ1v) is 8.96. The van der Waals surface area contributed by atoms with Crippen molar-refractivity contribution >= 4 is 27.5 Å². The first-order chi connectivity index (χ1) is 10.3. The van der Waals surface area contributed by atoms with Crippen molar-refractivity contribution in [2.75, 3.05) is 19.6 Å². The van der Waals surface area contributed by atoms with E-state index in [1.165, 1.54) is 24.3 Å². The highest BCUT2D eigenvalue weighted by atomic mass is 35.5. The van der Waals surface area contributed by atoms with Gasteiger partial charge in [0.15, 0.2) is 0 Å². The third-order valence-electron chi connectivity index (χ3n) is 3.61. The Morgan fingerprint density at radius 2 is 2.05 bits per heavy atom. The van der Waals surface area contributed by atoms with E-state index in [0.29, 0.717) is 24.7 Å². The number of rotatable bonds is 4. The van der Waals surface area contributed by atoms with Crippen LogP contribution in [0.5, 0.6) is 0 Å². The fourth-order valence-corrected chi connectivity index (χ4v) is 3.70. The Balaban J connectivity index is 2.08. The molecule has 122 valence electrons. The Labute approximate surface area is 135 Å². The largest absolute Gasteiger partial charge is 0.336 e. The summed E-state index contributed by atoms with van der Waals surface area (Å²) in [5, 5.41) is 3.65. The van der Waals surface area contributed by atoms with Gasteiger partial charge < -0.3 is 10.2 Å². The van der Waals surface area contributed by atoms with Crippen LogP contribution in [-0.2, 0) is 14.8 Å². The molecule has 0 spiro atoms. The average Bonchev–Trinajstić information content (AvgIpc) is 2.47. The second-order valence-electron chi connectivity index (χ2n) is 5.38. The van der Waals surface area contributed by atoms with E-state index in [9.17, 15) is 13.2 Å². The number of amides is 1. The van der Waals surface area contributed by atoms with Gasteiger partial charge in [0.1, 0.15) is 0 Å². The lowest BCUT2D eigenvalue weighted by atomic mass is 10.2. The molecule has 1 aliphatic rings. The highest BCUT2D eigenvalue weighted by Gasteiger charge is 2.29. The SMILES string of the molecule is CC(NS(=O)(=O)c1ccc(Cl)cc1)C(=O)N1CCNC[C@@H]1C. The van der Waals surface area contributed by atoms with Gasteiger partial charge >= 0.3 is 0 Å². The van der Waals surface area contributed by atoms with Crippen molar-refractivity contribution in [3.05, 3.63) is 29.3 Å². The Hall–Kier alpha value is -1.15. The number of halogens is 1. The van der Waals surface area contributed by atoms with Gasteiger partial charge in [0.05, 0.1) is 10.9 Å². The Kier molecular flexibility index (Phi) is 5.44. The van der Waals surface area contributed by atoms with Crippen LogP contribution in [0.15, 0.2) is 29.2 Å². The van der Waals surface area contributed by atoms with E-state index >= 15 is 0 Å². The third kappa shape index (κ3) is 3.98. The monoisotopic (exact) mass is 345 g/mol. The zero-order chi connectivity index (χ0) is 16.3. The summed E-state index contributed by atoms with van der Waals surface area (Å²) in [6.07, 6.45) is 0. The summed E-state index contributed by atoms with van der Waals surface area (Å²) in [7, 11) is -3.75. The molecule has 0 aliphatic carbocycles. The van der Waals surface area contributed by atoms with Crippen molar-refractivity contribution in [1.82, 2.24) is 14.9 Å². The number of carbonyl (C=O) groups is 1. The average molecular weight is 346 g/mol. The lowest BCUT2D eigenvalue weighted by Gasteiger charge is -2.35. The lowest BCUT2D eigenvalue weighted by molar-refractivity contribution is -0.135. The molecule has 1 aromatic rings. The molecule has 1 aromatic carbocycles. The van der Waals surface area contributed by atoms with Crippen LogP contribution in [-0.4, -0.2) is 50.9 Å². The van der Waals surface area contributed by atoms with Crippen LogP contribution in [0.25, 0.3) is 0 Å². The van der Waals surface area contributed by atoms with Gasteiger partial charge in [-0.2, -0.15) is 4.72 Å². The van der Waals surface area contributed by atoms with Crippen LogP contribution in [0.3, 0.4) is 0 Å². The minimum atomic E-state index is -3.75. The van der Waals surface area contributed by atoms with E-state index in [-0.39, 0.29) is 16.8 Å². The number of benzene rings is 1. The molecule has 1 heterocycles. The van der Waals surface area contributed by atoms with E-state index in [2.05, 4.69) is 10.0 Å². The summed E-state index contributed by atoms with van der Waals surface area (Å²) >= 11 is 5.75. The van der Waals surface area contributed by atoms with Crippen LogP contribution in [0, 0.1) is 0 Å². The van der Waals surface area contributed by atoms with Crippen LogP contribution < -0.4 is 10.0 Å². The van der Waals surface area contributed by atoms with Crippen molar-refractivity contribution in [2.24, 2.45) is 0 Å². The fraction of sp³-hybridized carbons (Fsp3) is 0.500. The molecule has 2 rings (SSSR count). The van der Waals surface area contributed by atoms with Crippen LogP contribution in [0.2, 0.25) is 5.02 Å². The Morgan fingerprint density at radius 3 is 2.64 bits per heavy atom. The summed E-state index contributed by atoms with van der Waals surface area (Å²) in [6, 6.07) is 5.05. The van der Waals surface area contributed by atoms with E-state index in [1.54, 1.807) is 11.8 Å². The summed E-state index contributed by atoms with van der Waals surface area (Å²) in [6.45, 7) is 5.50. The molecular formula is C14H20ClN3O3S. The number of nitrogens with zero attached hydrogens (tertiary/aromatic N) is 1. The summed E-state index contributed by atoms with van der Waals surface area (Å²) in [5.41, 5.74) is 0. The lowest BCUT2D eigenvalue weighted by Crippen LogP contribution is -2.57. The molecule has 1 aliphatic heterocycles. The van der Waals surface area contributed by atoms with E-state index in [0.717, 1.165) is 0 Å². The smallest absolute Gasteiger partial charge is 0.241 e. The molecule has 1 unspecified atom stereocenters. The van der Waals surface area contributed by atoms with Crippen molar-refractivity contribution in [2.45, 2.75) is 30.8 Å². The second-order valence-corrected chi connectivity index (χ2v) is 7.53. The standard InChI is InChI=1S/C14H20ClN3O3S/c1-10-9-16-7-8-18(10)14(19)11(2)17-22(20,21)13-5-3-12(15)4-6-13/h3-6,10-11,16-17H,7-9H2,1-2H3/t10-,11?/m0/s1. The van der Waals surface area contributed by atoms with Crippen LogP contribution in [0.4, 0.5) is 0 Å². The van der Waals surface area contributed by atoms with Crippen LogP contribution in [0.1, 0.15) is 13.8 Å². The van der Waals surface area contributed by atoms with E-state index in [1.807, 2.05) is 6.92 Å². The van der Waals surface area contributed by atoms with Crippen molar-refractivity contribution in [3.63, 3.8) is 0 Å². The normalized spacial score (nSPS) is 20.7. The highest BCUT2D eigenvalue weighted by Crippen LogP contribution is 2.15. The number of sulfonamides is 1. The zero-order valence-corrected chi connectivity index (χ0v) is 14.1. The number of carbonyl (C=O) groups excluding carboxylic acids is 1. The topological polar surface area (TPSA) is 78.5 Å². The maximum atomic E-state index is 12.4. The number of piperazine rings is 1. The van der Waals surface area contributed by atoms with E-state index in [4.69, 9.17) is 11.6 Å². The van der Waals surface area contributed by atoms with Crippen molar-refractivity contribution in [3.8, 4) is 0 Å². The summed E-state index contributed by atoms with van der Waals surface area (Å²) < 4.78 is 27.0. The van der Waals surface area contributed by atoms with Gasteiger partial charge in [-0.3, -0.25) is 4.79 Å². The molecule has 0 saturated carbocycles. The molecule has 2 N–H and O–H groups in total. The number of hydrogen-bond donors (Lipinski definition) is 2. The molecule has 0 aromatic heterocycles. The van der Waals surface area contributed by atoms with Gasteiger partial charge in [-0.1, -0.05) is 11.6 Å². The first kappa shape index (κ1) is 17.2. The molecule has 1 amide bonds. The van der Waals surface area contributed by atoms with Gasteiger partial charge in [-0.25, -0.2) is 8.42 Å². The van der Waals surface area contributed by atoms with Gasteiger partial charge in [-0.05, 0) is 38.1 Å². The molecule has 1 fully saturated rings. The molecule has 8 heteroatoms. The van der Waals surface area contributed by atoms with Crippen molar-refractivity contribution in [1.29, 1.82) is 0 Å². The molecule has 1 saturated heterocycles. The zero-order valence-electron chi connectivity index (χ0n) is 12.5. The van der Waals surface area contributed by atoms with Crippen molar-refractivity contribution < 1.29 is 13.2 Å². The first-order valence-electron chi connectivity index (χ1n) is 7.10. The number of hydrogen-bond acceptors (Lipinski definition) is 4. The summed E-state index contributed by atoms with van der Waals surface area (Å²) in [4.78, 5) is 14.2. The van der Waals surface area contributed by atoms with Gasteiger partial charge in [0.2, 0.25) is 15.9 Å². The van der Waals surface area contributed by atoms with Gasteiger partial charge in [0.25, 0.3) is 0 Å². The Bertz CT molecular complexity index is 633.